The fourth-order valence-electron chi connectivity index (χ4n) is 2.84. The van der Waals surface area contributed by atoms with E-state index in [0.717, 1.165) is 0 Å². The van der Waals surface area contributed by atoms with Crippen molar-refractivity contribution in [3.8, 4) is 0 Å². The van der Waals surface area contributed by atoms with Crippen molar-refractivity contribution < 1.29 is 0 Å². The van der Waals surface area contributed by atoms with Gasteiger partial charge >= 0.3 is 0 Å². The van der Waals surface area contributed by atoms with Gasteiger partial charge in [0.25, 0.3) is 0 Å². The molecule has 0 N–H and O–H groups in total. The summed E-state index contributed by atoms with van der Waals surface area (Å²) in [6.07, 6.45) is 2.11. The van der Waals surface area contributed by atoms with E-state index in [2.05, 4.69) is 73.3 Å². The molecule has 0 bridgehead atoms. The summed E-state index contributed by atoms with van der Waals surface area (Å²) in [5, 5.41) is 0. The van der Waals surface area contributed by atoms with Crippen LogP contribution in [0.4, 0.5) is 0 Å². The topological polar surface area (TPSA) is 0 Å². The molecular formula is C17H16. The molecule has 1 unspecified atom stereocenters. The Balaban J connectivity index is 1.91. The fourth-order valence-corrected chi connectivity index (χ4v) is 2.84. The Morgan fingerprint density at radius 2 is 1.12 bits per heavy atom. The van der Waals surface area contributed by atoms with Gasteiger partial charge in [-0.15, -0.1) is 6.58 Å². The van der Waals surface area contributed by atoms with Crippen molar-refractivity contribution in [3.05, 3.63) is 84.4 Å². The first-order valence-electron chi connectivity index (χ1n) is 6.14. The standard InChI is InChI=1S/C17H16/c1-2-15-16(13-9-5-3-6-10-13)17(15)14-11-7-4-8-12-14/h2-12,15-17H,1H2/t15?,16-,17+. The van der Waals surface area contributed by atoms with Crippen molar-refractivity contribution in [1.82, 2.24) is 0 Å². The van der Waals surface area contributed by atoms with Gasteiger partial charge in [-0.2, -0.15) is 0 Å². The van der Waals surface area contributed by atoms with Crippen molar-refractivity contribution in [2.45, 2.75) is 11.8 Å². The predicted molar refractivity (Wildman–Crippen MR) is 72.1 cm³/mol. The molecule has 0 radical (unpaired) electrons. The summed E-state index contributed by atoms with van der Waals surface area (Å²) in [5.74, 6) is 1.84. The molecule has 0 heterocycles. The van der Waals surface area contributed by atoms with Crippen LogP contribution in [-0.2, 0) is 0 Å². The molecule has 2 aromatic carbocycles. The molecule has 0 heteroatoms. The van der Waals surface area contributed by atoms with Gasteiger partial charge < -0.3 is 0 Å². The van der Waals surface area contributed by atoms with E-state index in [4.69, 9.17) is 0 Å². The van der Waals surface area contributed by atoms with Crippen LogP contribution in [0.5, 0.6) is 0 Å². The van der Waals surface area contributed by atoms with Gasteiger partial charge in [0.15, 0.2) is 0 Å². The maximum Gasteiger partial charge on any atom is -0.00183 e. The third kappa shape index (κ3) is 1.80. The number of hydrogen-bond donors (Lipinski definition) is 0. The van der Waals surface area contributed by atoms with Crippen molar-refractivity contribution in [2.75, 3.05) is 0 Å². The van der Waals surface area contributed by atoms with Gasteiger partial charge in [0, 0.05) is 0 Å². The highest BCUT2D eigenvalue weighted by Gasteiger charge is 2.49. The maximum absolute atomic E-state index is 3.97. The lowest BCUT2D eigenvalue weighted by molar-refractivity contribution is 1.01. The quantitative estimate of drug-likeness (QED) is 0.674. The maximum atomic E-state index is 3.97. The van der Waals surface area contributed by atoms with Gasteiger partial charge in [-0.3, -0.25) is 0 Å². The second-order valence-corrected chi connectivity index (χ2v) is 4.69. The first-order valence-corrected chi connectivity index (χ1v) is 6.14. The summed E-state index contributed by atoms with van der Waals surface area (Å²) in [7, 11) is 0. The summed E-state index contributed by atoms with van der Waals surface area (Å²) in [5.41, 5.74) is 2.87. The van der Waals surface area contributed by atoms with Crippen LogP contribution in [0.2, 0.25) is 0 Å². The molecule has 1 saturated carbocycles. The number of hydrogen-bond acceptors (Lipinski definition) is 0. The largest absolute Gasteiger partial charge is 0.103 e. The van der Waals surface area contributed by atoms with Gasteiger partial charge in [-0.25, -0.2) is 0 Å². The first kappa shape index (κ1) is 10.3. The van der Waals surface area contributed by atoms with Crippen molar-refractivity contribution in [3.63, 3.8) is 0 Å². The summed E-state index contributed by atoms with van der Waals surface area (Å²) in [4.78, 5) is 0. The molecule has 84 valence electrons. The van der Waals surface area contributed by atoms with Crippen LogP contribution in [0, 0.1) is 5.92 Å². The van der Waals surface area contributed by atoms with Gasteiger partial charge in [0.05, 0.1) is 0 Å². The SMILES string of the molecule is C=CC1[C@@H](c2ccccc2)[C@H]1c1ccccc1. The van der Waals surface area contributed by atoms with E-state index in [1.54, 1.807) is 0 Å². The normalized spacial score (nSPS) is 26.5. The van der Waals surface area contributed by atoms with Crippen LogP contribution in [0.1, 0.15) is 23.0 Å². The monoisotopic (exact) mass is 220 g/mol. The Morgan fingerprint density at radius 1 is 0.706 bits per heavy atom. The third-order valence-corrected chi connectivity index (χ3v) is 3.72. The summed E-state index contributed by atoms with van der Waals surface area (Å²) in [6.45, 7) is 3.97. The molecule has 0 aliphatic heterocycles. The van der Waals surface area contributed by atoms with Crippen LogP contribution >= 0.6 is 0 Å². The van der Waals surface area contributed by atoms with Crippen LogP contribution in [0.3, 0.4) is 0 Å². The molecule has 1 fully saturated rings. The lowest BCUT2D eigenvalue weighted by atomic mass is 10.0. The molecule has 1 aliphatic rings. The molecule has 3 rings (SSSR count). The smallest absolute Gasteiger partial charge is 0.00183 e. The second-order valence-electron chi connectivity index (χ2n) is 4.69. The molecule has 1 aliphatic carbocycles. The van der Waals surface area contributed by atoms with Gasteiger partial charge in [-0.1, -0.05) is 66.7 Å². The summed E-state index contributed by atoms with van der Waals surface area (Å²) < 4.78 is 0. The van der Waals surface area contributed by atoms with E-state index in [1.165, 1.54) is 11.1 Å². The first-order chi connectivity index (χ1) is 8.42. The molecule has 0 saturated heterocycles. The van der Waals surface area contributed by atoms with E-state index in [0.29, 0.717) is 17.8 Å². The molecule has 0 amide bonds. The van der Waals surface area contributed by atoms with Crippen LogP contribution in [0.25, 0.3) is 0 Å². The lowest BCUT2D eigenvalue weighted by Gasteiger charge is -2.00. The summed E-state index contributed by atoms with van der Waals surface area (Å²) >= 11 is 0. The Hall–Kier alpha value is -1.82. The molecule has 17 heavy (non-hydrogen) atoms. The summed E-state index contributed by atoms with van der Waals surface area (Å²) in [6, 6.07) is 21.5. The van der Waals surface area contributed by atoms with E-state index in [9.17, 15) is 0 Å². The van der Waals surface area contributed by atoms with E-state index in [-0.39, 0.29) is 0 Å². The molecule has 3 atom stereocenters. The van der Waals surface area contributed by atoms with Gasteiger partial charge in [-0.05, 0) is 28.9 Å². The predicted octanol–water partition coefficient (Wildman–Crippen LogP) is 4.37. The van der Waals surface area contributed by atoms with E-state index >= 15 is 0 Å². The zero-order valence-electron chi connectivity index (χ0n) is 9.79. The van der Waals surface area contributed by atoms with E-state index < -0.39 is 0 Å². The fraction of sp³-hybridized carbons (Fsp3) is 0.176. The number of rotatable bonds is 3. The van der Waals surface area contributed by atoms with Crippen LogP contribution in [-0.4, -0.2) is 0 Å². The molecule has 0 nitrogen and oxygen atoms in total. The number of allylic oxidation sites excluding steroid dienone is 1. The van der Waals surface area contributed by atoms with Crippen molar-refractivity contribution in [1.29, 1.82) is 0 Å². The van der Waals surface area contributed by atoms with Crippen LogP contribution in [0.15, 0.2) is 73.3 Å². The molecule has 0 spiro atoms. The second kappa shape index (κ2) is 4.21. The lowest BCUT2D eigenvalue weighted by Crippen LogP contribution is -1.82. The highest BCUT2D eigenvalue weighted by Crippen LogP contribution is 2.60. The third-order valence-electron chi connectivity index (χ3n) is 3.72. The minimum atomic E-state index is 0.597. The highest BCUT2D eigenvalue weighted by atomic mass is 14.5. The zero-order chi connectivity index (χ0) is 11.7. The zero-order valence-corrected chi connectivity index (χ0v) is 9.79. The molecule has 2 aromatic rings. The van der Waals surface area contributed by atoms with Gasteiger partial charge in [0.2, 0.25) is 0 Å². The Bertz CT molecular complexity index is 453. The average Bonchev–Trinajstić information content (AvgIpc) is 3.15. The van der Waals surface area contributed by atoms with Crippen LogP contribution < -0.4 is 0 Å². The Kier molecular flexibility index (Phi) is 2.56. The number of benzene rings is 2. The van der Waals surface area contributed by atoms with Crippen molar-refractivity contribution in [2.24, 2.45) is 5.92 Å². The molecular weight excluding hydrogens is 204 g/mol. The highest BCUT2D eigenvalue weighted by molar-refractivity contribution is 5.41. The minimum absolute atomic E-state index is 0.597. The van der Waals surface area contributed by atoms with Gasteiger partial charge in [0.1, 0.15) is 0 Å². The molecule has 0 aromatic heterocycles. The van der Waals surface area contributed by atoms with E-state index in [1.807, 2.05) is 0 Å². The van der Waals surface area contributed by atoms with Crippen molar-refractivity contribution >= 4 is 0 Å². The Labute approximate surface area is 103 Å². The Morgan fingerprint density at radius 3 is 1.47 bits per heavy atom. The minimum Gasteiger partial charge on any atom is -0.103 e. The average molecular weight is 220 g/mol.